The van der Waals surface area contributed by atoms with Crippen LogP contribution in [-0.4, -0.2) is 15.0 Å². The predicted octanol–water partition coefficient (Wildman–Crippen LogP) is 11.4. The molecule has 9 aromatic rings. The van der Waals surface area contributed by atoms with Crippen LogP contribution in [0.1, 0.15) is 25.0 Å². The second kappa shape index (κ2) is 9.93. The Labute approximate surface area is 277 Å². The number of fused-ring (bicyclic) bond motifs is 10. The monoisotopic (exact) mass is 615 g/mol. The third kappa shape index (κ3) is 3.93. The number of furan rings is 1. The Balaban J connectivity index is 1.20. The van der Waals surface area contributed by atoms with Gasteiger partial charge in [-0.15, -0.1) is 0 Å². The average molecular weight is 616 g/mol. The van der Waals surface area contributed by atoms with Gasteiger partial charge in [-0.2, -0.15) is 0 Å². The molecule has 48 heavy (non-hydrogen) atoms. The van der Waals surface area contributed by atoms with E-state index in [9.17, 15) is 0 Å². The zero-order chi connectivity index (χ0) is 32.0. The third-order valence-electron chi connectivity index (χ3n) is 10.1. The highest BCUT2D eigenvalue weighted by Crippen LogP contribution is 2.49. The van der Waals surface area contributed by atoms with Crippen molar-refractivity contribution in [3.8, 4) is 45.3 Å². The van der Waals surface area contributed by atoms with Crippen LogP contribution in [0.4, 0.5) is 0 Å². The fourth-order valence-corrected chi connectivity index (χ4v) is 7.69. The molecular formula is C44H29N3O. The summed E-state index contributed by atoms with van der Waals surface area (Å²) >= 11 is 0. The molecule has 0 atom stereocenters. The van der Waals surface area contributed by atoms with Crippen molar-refractivity contribution in [1.29, 1.82) is 0 Å². The van der Waals surface area contributed by atoms with Crippen molar-refractivity contribution >= 4 is 43.5 Å². The van der Waals surface area contributed by atoms with Crippen LogP contribution in [0.25, 0.3) is 88.8 Å². The van der Waals surface area contributed by atoms with E-state index in [2.05, 4.69) is 123 Å². The number of hydrogen-bond acceptors (Lipinski definition) is 4. The SMILES string of the molecule is CC1(C)c2ccccc2-c2ccc(-c3nc(-c4ccccc4)nc(-c4ccc5ccc6ccc7oc8ccccc8c7c6c5c4)n3)cc21. The van der Waals surface area contributed by atoms with Crippen LogP contribution in [0.2, 0.25) is 0 Å². The van der Waals surface area contributed by atoms with Crippen molar-refractivity contribution in [3.63, 3.8) is 0 Å². The van der Waals surface area contributed by atoms with E-state index in [-0.39, 0.29) is 5.41 Å². The molecule has 7 aromatic carbocycles. The van der Waals surface area contributed by atoms with Gasteiger partial charge in [-0.25, -0.2) is 15.0 Å². The van der Waals surface area contributed by atoms with Gasteiger partial charge in [-0.3, -0.25) is 0 Å². The molecule has 226 valence electrons. The van der Waals surface area contributed by atoms with Crippen molar-refractivity contribution in [3.05, 3.63) is 151 Å². The standard InChI is InChI=1S/C44H29N3O/c1-44(2)35-14-8-6-12-31(35)32-22-20-30(25-36(32)44)43-46-41(28-10-4-3-5-11-28)45-42(47-43)29-19-17-26-16-18-27-21-23-38-40(39(27)34(26)24-29)33-13-7-9-15-37(33)48-38/h3-25H,1-2H3. The molecule has 0 radical (unpaired) electrons. The first-order valence-corrected chi connectivity index (χ1v) is 16.4. The summed E-state index contributed by atoms with van der Waals surface area (Å²) in [6.45, 7) is 4.60. The van der Waals surface area contributed by atoms with E-state index >= 15 is 0 Å². The smallest absolute Gasteiger partial charge is 0.164 e. The third-order valence-corrected chi connectivity index (χ3v) is 10.1. The number of aromatic nitrogens is 3. The molecule has 4 nitrogen and oxygen atoms in total. The number of nitrogens with zero attached hydrogens (tertiary/aromatic N) is 3. The number of rotatable bonds is 3. The predicted molar refractivity (Wildman–Crippen MR) is 196 cm³/mol. The van der Waals surface area contributed by atoms with Gasteiger partial charge in [-0.1, -0.05) is 129 Å². The molecule has 0 aliphatic heterocycles. The van der Waals surface area contributed by atoms with Crippen LogP contribution >= 0.6 is 0 Å². The maximum Gasteiger partial charge on any atom is 0.164 e. The van der Waals surface area contributed by atoms with Crippen molar-refractivity contribution in [1.82, 2.24) is 15.0 Å². The van der Waals surface area contributed by atoms with Gasteiger partial charge >= 0.3 is 0 Å². The first-order chi connectivity index (χ1) is 23.5. The Morgan fingerprint density at radius 1 is 0.438 bits per heavy atom. The average Bonchev–Trinajstić information content (AvgIpc) is 3.63. The minimum Gasteiger partial charge on any atom is -0.456 e. The van der Waals surface area contributed by atoms with Gasteiger partial charge in [-0.05, 0) is 62.7 Å². The van der Waals surface area contributed by atoms with E-state index < -0.39 is 0 Å². The lowest BCUT2D eigenvalue weighted by Crippen LogP contribution is -2.15. The Hall–Kier alpha value is -6.13. The number of benzene rings is 7. The van der Waals surface area contributed by atoms with Gasteiger partial charge in [0.2, 0.25) is 0 Å². The van der Waals surface area contributed by atoms with Gasteiger partial charge < -0.3 is 4.42 Å². The molecule has 0 N–H and O–H groups in total. The lowest BCUT2D eigenvalue weighted by atomic mass is 9.82. The molecule has 2 aromatic heterocycles. The lowest BCUT2D eigenvalue weighted by molar-refractivity contribution is 0.660. The molecule has 0 unspecified atom stereocenters. The fourth-order valence-electron chi connectivity index (χ4n) is 7.69. The van der Waals surface area contributed by atoms with Crippen molar-refractivity contribution in [2.24, 2.45) is 0 Å². The van der Waals surface area contributed by atoms with Gasteiger partial charge in [0.1, 0.15) is 11.2 Å². The Kier molecular flexibility index (Phi) is 5.59. The summed E-state index contributed by atoms with van der Waals surface area (Å²) in [7, 11) is 0. The highest BCUT2D eigenvalue weighted by molar-refractivity contribution is 6.26. The first kappa shape index (κ1) is 27.0. The second-order valence-corrected chi connectivity index (χ2v) is 13.2. The normalized spacial score (nSPS) is 13.4. The molecule has 0 saturated heterocycles. The maximum absolute atomic E-state index is 6.29. The van der Waals surface area contributed by atoms with E-state index in [1.807, 2.05) is 30.3 Å². The molecule has 1 aliphatic carbocycles. The van der Waals surface area contributed by atoms with E-state index in [1.165, 1.54) is 33.0 Å². The summed E-state index contributed by atoms with van der Waals surface area (Å²) in [6.07, 6.45) is 0. The van der Waals surface area contributed by atoms with Crippen LogP contribution < -0.4 is 0 Å². The van der Waals surface area contributed by atoms with E-state index in [0.29, 0.717) is 17.5 Å². The Morgan fingerprint density at radius 3 is 1.92 bits per heavy atom. The molecule has 4 heteroatoms. The van der Waals surface area contributed by atoms with E-state index in [0.717, 1.165) is 49.4 Å². The Bertz CT molecular complexity index is 2760. The first-order valence-electron chi connectivity index (χ1n) is 16.4. The summed E-state index contributed by atoms with van der Waals surface area (Å²) < 4.78 is 6.29. The molecule has 10 rings (SSSR count). The molecule has 0 fully saturated rings. The minimum atomic E-state index is -0.123. The molecule has 0 saturated carbocycles. The highest BCUT2D eigenvalue weighted by atomic mass is 16.3. The number of para-hydroxylation sites is 1. The van der Waals surface area contributed by atoms with Crippen molar-refractivity contribution in [2.75, 3.05) is 0 Å². The van der Waals surface area contributed by atoms with Gasteiger partial charge in [0, 0.05) is 38.3 Å². The summed E-state index contributed by atoms with van der Waals surface area (Å²) in [5, 5.41) is 6.89. The van der Waals surface area contributed by atoms with Gasteiger partial charge in [0.05, 0.1) is 0 Å². The van der Waals surface area contributed by atoms with Crippen LogP contribution in [0, 0.1) is 0 Å². The second-order valence-electron chi connectivity index (χ2n) is 13.2. The summed E-state index contributed by atoms with van der Waals surface area (Å²) in [4.78, 5) is 15.3. The molecular weight excluding hydrogens is 587 g/mol. The topological polar surface area (TPSA) is 51.8 Å². The summed E-state index contributed by atoms with van der Waals surface area (Å²) in [5.41, 5.74) is 9.74. The largest absolute Gasteiger partial charge is 0.456 e. The molecule has 0 bridgehead atoms. The fraction of sp³-hybridized carbons (Fsp3) is 0.0682. The quantitative estimate of drug-likeness (QED) is 0.186. The van der Waals surface area contributed by atoms with Crippen molar-refractivity contribution in [2.45, 2.75) is 19.3 Å². The van der Waals surface area contributed by atoms with Gasteiger partial charge in [0.15, 0.2) is 17.5 Å². The zero-order valence-electron chi connectivity index (χ0n) is 26.5. The van der Waals surface area contributed by atoms with Crippen LogP contribution in [0.15, 0.2) is 144 Å². The number of hydrogen-bond donors (Lipinski definition) is 0. The molecule has 0 spiro atoms. The summed E-state index contributed by atoms with van der Waals surface area (Å²) in [5.74, 6) is 1.96. The van der Waals surface area contributed by atoms with Crippen LogP contribution in [-0.2, 0) is 5.41 Å². The van der Waals surface area contributed by atoms with Crippen molar-refractivity contribution < 1.29 is 4.42 Å². The molecule has 0 amide bonds. The van der Waals surface area contributed by atoms with E-state index in [4.69, 9.17) is 19.4 Å². The zero-order valence-corrected chi connectivity index (χ0v) is 26.5. The highest BCUT2D eigenvalue weighted by Gasteiger charge is 2.35. The van der Waals surface area contributed by atoms with Gasteiger partial charge in [0.25, 0.3) is 0 Å². The van der Waals surface area contributed by atoms with Crippen LogP contribution in [0.3, 0.4) is 0 Å². The van der Waals surface area contributed by atoms with Crippen LogP contribution in [0.5, 0.6) is 0 Å². The van der Waals surface area contributed by atoms with E-state index in [1.54, 1.807) is 0 Å². The lowest BCUT2D eigenvalue weighted by Gasteiger charge is -2.21. The summed E-state index contributed by atoms with van der Waals surface area (Å²) in [6, 6.07) is 49.0. The minimum absolute atomic E-state index is 0.123. The molecule has 2 heterocycles. The Morgan fingerprint density at radius 2 is 1.06 bits per heavy atom. The maximum atomic E-state index is 6.29. The molecule has 1 aliphatic rings.